The van der Waals surface area contributed by atoms with E-state index in [0.717, 1.165) is 17.1 Å². The lowest BCUT2D eigenvalue weighted by atomic mass is 10.1. The maximum Gasteiger partial charge on any atom is 0.242 e. The van der Waals surface area contributed by atoms with Crippen LogP contribution in [-0.2, 0) is 11.3 Å². The van der Waals surface area contributed by atoms with Gasteiger partial charge in [0.25, 0.3) is 0 Å². The van der Waals surface area contributed by atoms with Crippen molar-refractivity contribution in [2.75, 3.05) is 14.2 Å². The smallest absolute Gasteiger partial charge is 0.242 e. The van der Waals surface area contributed by atoms with Crippen molar-refractivity contribution < 1.29 is 9.53 Å². The lowest BCUT2D eigenvalue weighted by molar-refractivity contribution is -0.132. The number of methoxy groups -OCH3 is 1. The van der Waals surface area contributed by atoms with Crippen LogP contribution in [-0.4, -0.2) is 34.5 Å². The first kappa shape index (κ1) is 17.1. The van der Waals surface area contributed by atoms with E-state index in [9.17, 15) is 4.79 Å². The third-order valence-corrected chi connectivity index (χ3v) is 4.13. The molecule has 0 N–H and O–H groups in total. The van der Waals surface area contributed by atoms with Gasteiger partial charge in [0, 0.05) is 30.9 Å². The minimum Gasteiger partial charge on any atom is -0.496 e. The summed E-state index contributed by atoms with van der Waals surface area (Å²) in [5.41, 5.74) is 1.00. The molecule has 5 heteroatoms. The highest BCUT2D eigenvalue weighted by atomic mass is 16.5. The molecular formula is C18H25N3O2. The number of ether oxygens (including phenoxy) is 1. The molecule has 0 aliphatic heterocycles. The van der Waals surface area contributed by atoms with Gasteiger partial charge in [0.15, 0.2) is 0 Å². The molecule has 2 rings (SSSR count). The van der Waals surface area contributed by atoms with Crippen molar-refractivity contribution in [2.45, 2.75) is 39.3 Å². The van der Waals surface area contributed by atoms with Crippen molar-refractivity contribution in [2.24, 2.45) is 0 Å². The number of hydrogen-bond donors (Lipinski definition) is 0. The van der Waals surface area contributed by atoms with Crippen molar-refractivity contribution >= 4 is 5.91 Å². The number of imidazole rings is 1. The average Bonchev–Trinajstić information content (AvgIpc) is 3.01. The quantitative estimate of drug-likeness (QED) is 0.822. The van der Waals surface area contributed by atoms with E-state index in [1.165, 1.54) is 0 Å². The first-order chi connectivity index (χ1) is 11.0. The van der Waals surface area contributed by atoms with Crippen LogP contribution in [0.1, 0.15) is 44.1 Å². The second-order valence-electron chi connectivity index (χ2n) is 5.99. The minimum atomic E-state index is -0.0651. The molecule has 0 aliphatic carbocycles. The van der Waals surface area contributed by atoms with Crippen molar-refractivity contribution in [3.8, 4) is 5.75 Å². The lowest BCUT2D eigenvalue weighted by Crippen LogP contribution is -2.33. The summed E-state index contributed by atoms with van der Waals surface area (Å²) in [5, 5.41) is 0. The summed E-state index contributed by atoms with van der Waals surface area (Å²) in [6, 6.07) is 7.72. The highest BCUT2D eigenvalue weighted by Gasteiger charge is 2.21. The molecule has 0 bridgehead atoms. The van der Waals surface area contributed by atoms with E-state index in [0.29, 0.717) is 6.54 Å². The summed E-state index contributed by atoms with van der Waals surface area (Å²) >= 11 is 0. The van der Waals surface area contributed by atoms with Gasteiger partial charge in [0.05, 0.1) is 13.2 Å². The largest absolute Gasteiger partial charge is 0.496 e. The van der Waals surface area contributed by atoms with Gasteiger partial charge in [0.1, 0.15) is 18.1 Å². The Morgan fingerprint density at radius 2 is 2.00 bits per heavy atom. The second kappa shape index (κ2) is 7.31. The first-order valence-corrected chi connectivity index (χ1v) is 7.85. The Kier molecular flexibility index (Phi) is 5.42. The maximum atomic E-state index is 12.6. The van der Waals surface area contributed by atoms with Crippen LogP contribution >= 0.6 is 0 Å². The van der Waals surface area contributed by atoms with Gasteiger partial charge in [-0.2, -0.15) is 0 Å². The van der Waals surface area contributed by atoms with Crippen molar-refractivity contribution in [3.05, 3.63) is 48.0 Å². The van der Waals surface area contributed by atoms with Crippen LogP contribution in [0.5, 0.6) is 5.75 Å². The molecule has 124 valence electrons. The molecule has 1 heterocycles. The molecule has 1 aromatic heterocycles. The normalized spacial score (nSPS) is 12.3. The molecule has 1 amide bonds. The molecule has 1 aromatic carbocycles. The number of aromatic nitrogens is 2. The Hall–Kier alpha value is -2.30. The fraction of sp³-hybridized carbons (Fsp3) is 0.444. The summed E-state index contributed by atoms with van der Waals surface area (Å²) in [4.78, 5) is 18.7. The summed E-state index contributed by atoms with van der Waals surface area (Å²) in [5.74, 6) is 2.06. The number of likely N-dealkylation sites (N-methyl/N-ethyl adjacent to an activating group) is 1. The van der Waals surface area contributed by atoms with Crippen molar-refractivity contribution in [1.82, 2.24) is 14.5 Å². The average molecular weight is 315 g/mol. The predicted molar refractivity (Wildman–Crippen MR) is 90.5 cm³/mol. The number of carbonyl (C=O) groups excluding carboxylic acids is 1. The summed E-state index contributed by atoms with van der Waals surface area (Å²) in [6.07, 6.45) is 3.60. The Morgan fingerprint density at radius 3 is 2.65 bits per heavy atom. The zero-order valence-electron chi connectivity index (χ0n) is 14.5. The van der Waals surface area contributed by atoms with Crippen LogP contribution in [0.15, 0.2) is 36.7 Å². The molecule has 0 radical (unpaired) electrons. The fourth-order valence-electron chi connectivity index (χ4n) is 2.65. The Balaban J connectivity index is 2.14. The zero-order valence-corrected chi connectivity index (χ0v) is 14.5. The van der Waals surface area contributed by atoms with Crippen LogP contribution in [0.3, 0.4) is 0 Å². The van der Waals surface area contributed by atoms with Gasteiger partial charge >= 0.3 is 0 Å². The summed E-state index contributed by atoms with van der Waals surface area (Å²) < 4.78 is 7.31. The van der Waals surface area contributed by atoms with Gasteiger partial charge in [-0.05, 0) is 13.0 Å². The highest BCUT2D eigenvalue weighted by Crippen LogP contribution is 2.28. The topological polar surface area (TPSA) is 47.4 Å². The Bertz CT molecular complexity index is 664. The van der Waals surface area contributed by atoms with Gasteiger partial charge < -0.3 is 14.2 Å². The fourth-order valence-corrected chi connectivity index (χ4v) is 2.65. The highest BCUT2D eigenvalue weighted by molar-refractivity contribution is 5.76. The van der Waals surface area contributed by atoms with Gasteiger partial charge in [0.2, 0.25) is 5.91 Å². The monoisotopic (exact) mass is 315 g/mol. The molecule has 1 unspecified atom stereocenters. The van der Waals surface area contributed by atoms with E-state index in [1.807, 2.05) is 49.0 Å². The number of para-hydroxylation sites is 1. The number of hydrogen-bond acceptors (Lipinski definition) is 3. The number of benzene rings is 1. The van der Waals surface area contributed by atoms with Gasteiger partial charge in [-0.3, -0.25) is 4.79 Å². The molecule has 0 saturated carbocycles. The van der Waals surface area contributed by atoms with E-state index in [-0.39, 0.29) is 17.9 Å². The second-order valence-corrected chi connectivity index (χ2v) is 5.99. The number of nitrogens with zero attached hydrogens (tertiary/aromatic N) is 3. The maximum absolute atomic E-state index is 12.6. The number of carbonyl (C=O) groups is 1. The first-order valence-electron chi connectivity index (χ1n) is 7.85. The van der Waals surface area contributed by atoms with Crippen molar-refractivity contribution in [3.63, 3.8) is 0 Å². The van der Waals surface area contributed by atoms with Crippen LogP contribution < -0.4 is 4.74 Å². The van der Waals surface area contributed by atoms with Gasteiger partial charge in [-0.15, -0.1) is 0 Å². The van der Waals surface area contributed by atoms with Crippen LogP contribution in [0.4, 0.5) is 0 Å². The van der Waals surface area contributed by atoms with Crippen LogP contribution in [0.25, 0.3) is 0 Å². The Morgan fingerprint density at radius 1 is 1.30 bits per heavy atom. The van der Waals surface area contributed by atoms with Crippen LogP contribution in [0, 0.1) is 0 Å². The molecule has 0 aliphatic rings. The summed E-state index contributed by atoms with van der Waals surface area (Å²) in [7, 11) is 3.47. The van der Waals surface area contributed by atoms with Gasteiger partial charge in [-0.25, -0.2) is 4.98 Å². The third kappa shape index (κ3) is 3.73. The van der Waals surface area contributed by atoms with Gasteiger partial charge in [-0.1, -0.05) is 32.0 Å². The minimum absolute atomic E-state index is 0.0447. The van der Waals surface area contributed by atoms with E-state index >= 15 is 0 Å². The molecule has 0 saturated heterocycles. The number of amides is 1. The molecular weight excluding hydrogens is 290 g/mol. The van der Waals surface area contributed by atoms with E-state index in [4.69, 9.17) is 4.74 Å². The Labute approximate surface area is 137 Å². The SMILES string of the molecule is COc1ccccc1C(C)N(C)C(=O)Cn1ccnc1C(C)C. The molecule has 23 heavy (non-hydrogen) atoms. The molecule has 2 aromatic rings. The van der Waals surface area contributed by atoms with E-state index in [2.05, 4.69) is 18.8 Å². The predicted octanol–water partition coefficient (Wildman–Crippen LogP) is 3.23. The summed E-state index contributed by atoms with van der Waals surface area (Å²) in [6.45, 7) is 6.45. The van der Waals surface area contributed by atoms with Crippen molar-refractivity contribution in [1.29, 1.82) is 0 Å². The zero-order chi connectivity index (χ0) is 17.0. The van der Waals surface area contributed by atoms with E-state index in [1.54, 1.807) is 18.2 Å². The standard InChI is InChI=1S/C18H25N3O2/c1-13(2)18-19-10-11-21(18)12-17(22)20(4)14(3)15-8-6-7-9-16(15)23-5/h6-11,13-14H,12H2,1-5H3. The lowest BCUT2D eigenvalue weighted by Gasteiger charge is -2.27. The van der Waals surface area contributed by atoms with Crippen LogP contribution in [0.2, 0.25) is 0 Å². The third-order valence-electron chi connectivity index (χ3n) is 4.13. The number of rotatable bonds is 6. The molecule has 1 atom stereocenters. The molecule has 0 fully saturated rings. The molecule has 5 nitrogen and oxygen atoms in total. The van der Waals surface area contributed by atoms with E-state index < -0.39 is 0 Å². The molecule has 0 spiro atoms.